The summed E-state index contributed by atoms with van der Waals surface area (Å²) in [5.41, 5.74) is 5.83. The maximum atomic E-state index is 15.1. The maximum absolute atomic E-state index is 15.1. The van der Waals surface area contributed by atoms with Gasteiger partial charge in [0.05, 0.1) is 27.6 Å². The first-order valence-electron chi connectivity index (χ1n) is 33.5. The SMILES string of the molecule is C.C.CC(C)n1c(=O)n(C)c2nnc3cc(F)c(-c4ccc(F)nc4)cc3c21.CC(C)n1c(=O)n(C)c2nnc3cc(F)c(-c4ccc(OCCCN5CCCCC5)nc4)cc3c21.CC(C)n1c(=O)n(C)c2nnc3cc(F)c(Br)cc3c21.OB(O)c1ccc(F)nc1.OCCCN1CCCCC1. The van der Waals surface area contributed by atoms with Gasteiger partial charge in [-0.1, -0.05) is 33.8 Å². The lowest BCUT2D eigenvalue weighted by Crippen LogP contribution is -2.31. The highest BCUT2D eigenvalue weighted by Gasteiger charge is 2.24. The molecule has 0 unspecified atom stereocenters. The zero-order valence-electron chi connectivity index (χ0n) is 57.6. The average Bonchev–Trinajstić information content (AvgIpc) is 1.64. The second-order valence-electron chi connectivity index (χ2n) is 25.6. The maximum Gasteiger partial charge on any atom is 0.490 e. The van der Waals surface area contributed by atoms with Gasteiger partial charge in [-0.3, -0.25) is 27.4 Å². The highest BCUT2D eigenvalue weighted by atomic mass is 79.9. The molecule has 3 N–H and O–H groups in total. The zero-order chi connectivity index (χ0) is 72.5. The van der Waals surface area contributed by atoms with E-state index >= 15 is 4.39 Å². The molecule has 0 amide bonds. The number of nitrogens with zero attached hydrogens (tertiary/aromatic N) is 17. The van der Waals surface area contributed by atoms with Crippen molar-refractivity contribution in [3.05, 3.63) is 157 Å². The summed E-state index contributed by atoms with van der Waals surface area (Å²) in [5.74, 6) is -2.09. The molecular formula is C72H88BBrF5N17O7. The Hall–Kier alpha value is -9.27. The Balaban J connectivity index is 0.000000175. The number of halogens is 6. The summed E-state index contributed by atoms with van der Waals surface area (Å²) in [4.78, 5) is 53.8. The smallest absolute Gasteiger partial charge is 0.478 e. The first-order valence-corrected chi connectivity index (χ1v) is 34.3. The number of aryl methyl sites for hydroxylation is 3. The van der Waals surface area contributed by atoms with Crippen LogP contribution in [-0.4, -0.2) is 158 Å². The lowest BCUT2D eigenvalue weighted by Gasteiger charge is -2.26. The van der Waals surface area contributed by atoms with E-state index in [9.17, 15) is 31.9 Å². The van der Waals surface area contributed by atoms with Crippen LogP contribution in [0.2, 0.25) is 0 Å². The van der Waals surface area contributed by atoms with E-state index < -0.39 is 36.5 Å². The van der Waals surface area contributed by atoms with Gasteiger partial charge in [-0.05, 0) is 165 Å². The van der Waals surface area contributed by atoms with E-state index in [1.54, 1.807) is 65.3 Å². The monoisotopic (exact) mass is 1490 g/mol. The van der Waals surface area contributed by atoms with Gasteiger partial charge < -0.3 is 29.7 Å². The van der Waals surface area contributed by atoms with E-state index in [4.69, 9.17) is 19.9 Å². The zero-order valence-corrected chi connectivity index (χ0v) is 59.2. The largest absolute Gasteiger partial charge is 0.490 e. The number of benzene rings is 3. The summed E-state index contributed by atoms with van der Waals surface area (Å²) in [5, 5.41) is 52.1. The van der Waals surface area contributed by atoms with Gasteiger partial charge >= 0.3 is 24.2 Å². The van der Waals surface area contributed by atoms with Crippen molar-refractivity contribution in [2.45, 2.75) is 126 Å². The third-order valence-corrected chi connectivity index (χ3v) is 18.2. The third kappa shape index (κ3) is 17.9. The minimum absolute atomic E-state index is 0. The summed E-state index contributed by atoms with van der Waals surface area (Å²) >= 11 is 3.17. The highest BCUT2D eigenvalue weighted by Crippen LogP contribution is 2.34. The van der Waals surface area contributed by atoms with Crippen molar-refractivity contribution >= 4 is 94.7 Å². The second-order valence-corrected chi connectivity index (χ2v) is 26.5. The number of piperidine rings is 2. The number of aliphatic hydroxyl groups is 1. The number of aromatic nitrogens is 15. The van der Waals surface area contributed by atoms with Crippen molar-refractivity contribution in [1.29, 1.82) is 0 Å². The molecule has 0 saturated carbocycles. The Kier molecular flexibility index (Phi) is 27.2. The van der Waals surface area contributed by atoms with Gasteiger partial charge in [-0.25, -0.2) is 42.5 Å². The molecule has 0 atom stereocenters. The highest BCUT2D eigenvalue weighted by molar-refractivity contribution is 9.10. The molecule has 0 spiro atoms. The van der Waals surface area contributed by atoms with Crippen LogP contribution in [0.15, 0.2) is 110 Å². The summed E-state index contributed by atoms with van der Waals surface area (Å²) in [6, 6.07) is 17.2. The molecule has 14 rings (SSSR count). The minimum Gasteiger partial charge on any atom is -0.478 e. The third-order valence-electron chi connectivity index (χ3n) is 17.6. The van der Waals surface area contributed by atoms with Gasteiger partial charge in [0.2, 0.25) is 17.8 Å². The molecule has 24 nitrogen and oxygen atoms in total. The van der Waals surface area contributed by atoms with Crippen LogP contribution >= 0.6 is 15.9 Å². The van der Waals surface area contributed by atoms with Crippen LogP contribution in [-0.2, 0) is 21.1 Å². The molecule has 12 aromatic rings. The molecule has 2 fully saturated rings. The molecule has 2 saturated heterocycles. The van der Waals surface area contributed by atoms with Gasteiger partial charge in [-0.2, -0.15) is 8.78 Å². The topological polar surface area (TPSA) is 273 Å². The summed E-state index contributed by atoms with van der Waals surface area (Å²) in [7, 11) is 3.37. The molecule has 31 heteroatoms. The van der Waals surface area contributed by atoms with Crippen LogP contribution in [0, 0.1) is 29.3 Å². The number of likely N-dealkylation sites (tertiary alicyclic amines) is 2. The molecule has 0 bridgehead atoms. The number of imidazole rings is 3. The first kappa shape index (κ1) is 79.4. The predicted octanol–water partition coefficient (Wildman–Crippen LogP) is 11.3. The quantitative estimate of drug-likeness (QED) is 0.0395. The van der Waals surface area contributed by atoms with Crippen molar-refractivity contribution in [2.24, 2.45) is 21.1 Å². The van der Waals surface area contributed by atoms with E-state index in [0.717, 1.165) is 38.2 Å². The Morgan fingerprint density at radius 2 is 0.883 bits per heavy atom. The molecular weight excluding hydrogens is 1400 g/mol. The van der Waals surface area contributed by atoms with E-state index in [2.05, 4.69) is 71.3 Å². The van der Waals surface area contributed by atoms with Crippen LogP contribution < -0.4 is 27.3 Å². The molecule has 0 radical (unpaired) electrons. The molecule has 11 heterocycles. The van der Waals surface area contributed by atoms with E-state index in [0.29, 0.717) is 106 Å². The molecule has 9 aromatic heterocycles. The van der Waals surface area contributed by atoms with Crippen LogP contribution in [0.25, 0.3) is 88.5 Å². The first-order chi connectivity index (χ1) is 48.4. The summed E-state index contributed by atoms with van der Waals surface area (Å²) in [6.07, 6.45) is 13.9. The summed E-state index contributed by atoms with van der Waals surface area (Å²) in [6.45, 7) is 19.4. The fraction of sp³-hybridized carbons (Fsp3) is 0.417. The van der Waals surface area contributed by atoms with Crippen LogP contribution in [0.3, 0.4) is 0 Å². The van der Waals surface area contributed by atoms with Gasteiger partial charge in [0, 0.05) is 146 Å². The number of ether oxygens (including phenoxy) is 1. The molecule has 0 aliphatic carbocycles. The van der Waals surface area contributed by atoms with Crippen LogP contribution in [0.1, 0.15) is 126 Å². The Bertz CT molecular complexity index is 5080. The predicted molar refractivity (Wildman–Crippen MR) is 396 cm³/mol. The number of pyridine rings is 3. The van der Waals surface area contributed by atoms with Gasteiger partial charge in [0.25, 0.3) is 0 Å². The standard InChI is InChI=1S/C26H31FN6O2.C18H15F2N5O.C13H12BrFN4O.C8H17NO.C5H5BFNO2.2CH4/c1-17(2)33-24-20-14-19(21(27)15-22(20)29-30-25(24)31(3)26(33)34)18-8-9-23(28-16-18)35-13-7-12-32-10-5-4-6-11-32;1-9(2)25-16-12-6-11(10-4-5-15(20)21-8-10)13(19)7-14(12)22-23-17(16)24(3)18(25)26;1-6(2)19-11-7-4-8(14)9(15)5-10(7)16-17-12(11)18(3)13(19)20;10-8-4-7-9-5-2-1-3-6-9;7-5-2-1-4(3-8-5)6(9)10;;/h8-9,14-17H,4-7,10-13H2,1-3H3;4-9H,1-3H3;4-6H,1-3H3;10H,1-8H2;1-3,9-10H;2*1H4. The summed E-state index contributed by atoms with van der Waals surface area (Å²) < 4.78 is 83.9. The number of rotatable bonds is 14. The van der Waals surface area contributed by atoms with Crippen molar-refractivity contribution in [3.8, 4) is 28.1 Å². The van der Waals surface area contributed by atoms with Crippen LogP contribution in [0.5, 0.6) is 5.88 Å². The van der Waals surface area contributed by atoms with E-state index in [1.807, 2.05) is 47.6 Å². The molecule has 548 valence electrons. The Morgan fingerprint density at radius 1 is 0.495 bits per heavy atom. The van der Waals surface area contributed by atoms with Crippen molar-refractivity contribution < 1.29 is 41.8 Å². The second kappa shape index (κ2) is 35.3. The van der Waals surface area contributed by atoms with E-state index in [1.165, 1.54) is 121 Å². The number of hydrogen-bond acceptors (Lipinski definition) is 18. The van der Waals surface area contributed by atoms with Gasteiger partial charge in [0.15, 0.2) is 16.9 Å². The molecule has 3 aromatic carbocycles. The van der Waals surface area contributed by atoms with Gasteiger partial charge in [0.1, 0.15) is 34.0 Å². The number of hydrogen-bond donors (Lipinski definition) is 3. The lowest BCUT2D eigenvalue weighted by molar-refractivity contribution is 0.198. The normalized spacial score (nSPS) is 13.3. The molecule has 2 aliphatic heterocycles. The van der Waals surface area contributed by atoms with Crippen molar-refractivity contribution in [1.82, 2.24) is 82.7 Å². The Labute approximate surface area is 600 Å². The van der Waals surface area contributed by atoms with Crippen molar-refractivity contribution in [3.63, 3.8) is 0 Å². The number of fused-ring (bicyclic) bond motifs is 9. The van der Waals surface area contributed by atoms with E-state index in [-0.39, 0.29) is 61.1 Å². The van der Waals surface area contributed by atoms with Crippen molar-refractivity contribution in [2.75, 3.05) is 52.5 Å². The fourth-order valence-electron chi connectivity index (χ4n) is 12.4. The van der Waals surface area contributed by atoms with Gasteiger partial charge in [-0.15, -0.1) is 30.6 Å². The molecule has 2 aliphatic rings. The fourth-order valence-corrected chi connectivity index (χ4v) is 12.8. The minimum atomic E-state index is -1.58. The van der Waals surface area contributed by atoms with Crippen LogP contribution in [0.4, 0.5) is 22.0 Å². The average molecular weight is 1490 g/mol. The lowest BCUT2D eigenvalue weighted by atomic mass is 9.82. The Morgan fingerprint density at radius 3 is 1.25 bits per heavy atom. The molecule has 103 heavy (non-hydrogen) atoms. The number of aliphatic hydroxyl groups excluding tert-OH is 1.